The van der Waals surface area contributed by atoms with Gasteiger partial charge in [0.05, 0.1) is 11.6 Å². The average molecular weight is 278 g/mol. The Balaban J connectivity index is 2.08. The van der Waals surface area contributed by atoms with E-state index < -0.39 is 0 Å². The van der Waals surface area contributed by atoms with Crippen LogP contribution >= 0.6 is 11.6 Å². The largest absolute Gasteiger partial charge is 0.352 e. The number of rotatable bonds is 2. The van der Waals surface area contributed by atoms with Gasteiger partial charge in [-0.2, -0.15) is 0 Å². The van der Waals surface area contributed by atoms with Crippen molar-refractivity contribution in [2.45, 2.75) is 38.6 Å². The molecule has 102 valence electrons. The number of alkyl halides is 1. The Bertz CT molecular complexity index is 578. The maximum Gasteiger partial charge on any atom is 0.152 e. The zero-order valence-electron chi connectivity index (χ0n) is 11.5. The molecule has 3 heterocycles. The third-order valence-corrected chi connectivity index (χ3v) is 4.63. The number of aromatic nitrogens is 2. The molecule has 0 radical (unpaired) electrons. The maximum atomic E-state index is 6.17. The number of nitrogens with zero attached hydrogens (tertiary/aromatic N) is 3. The van der Waals surface area contributed by atoms with Crippen LogP contribution in [0.2, 0.25) is 0 Å². The molecular weight excluding hydrogens is 258 g/mol. The highest BCUT2D eigenvalue weighted by Crippen LogP contribution is 2.31. The van der Waals surface area contributed by atoms with Gasteiger partial charge in [0.25, 0.3) is 0 Å². The highest BCUT2D eigenvalue weighted by molar-refractivity contribution is 6.17. The first-order valence-corrected chi connectivity index (χ1v) is 7.54. The summed E-state index contributed by atoms with van der Waals surface area (Å²) in [6.07, 6.45) is 4.59. The van der Waals surface area contributed by atoms with Crippen LogP contribution in [-0.2, 0) is 5.88 Å². The molecule has 19 heavy (non-hydrogen) atoms. The van der Waals surface area contributed by atoms with Crippen LogP contribution in [0.1, 0.15) is 32.4 Å². The van der Waals surface area contributed by atoms with Crippen LogP contribution in [0.4, 0.5) is 5.82 Å². The van der Waals surface area contributed by atoms with E-state index >= 15 is 0 Å². The van der Waals surface area contributed by atoms with Gasteiger partial charge in [-0.15, -0.1) is 11.6 Å². The lowest BCUT2D eigenvalue weighted by Gasteiger charge is -2.38. The van der Waals surface area contributed by atoms with E-state index in [9.17, 15) is 0 Å². The molecule has 0 spiro atoms. The van der Waals surface area contributed by atoms with Crippen molar-refractivity contribution in [1.82, 2.24) is 9.38 Å². The topological polar surface area (TPSA) is 20.5 Å². The summed E-state index contributed by atoms with van der Waals surface area (Å²) in [5.74, 6) is 2.28. The Morgan fingerprint density at radius 2 is 2.21 bits per heavy atom. The molecule has 4 heteroatoms. The lowest BCUT2D eigenvalue weighted by atomic mass is 9.92. The van der Waals surface area contributed by atoms with Crippen LogP contribution in [-0.4, -0.2) is 22.0 Å². The Labute approximate surface area is 119 Å². The zero-order chi connectivity index (χ0) is 13.4. The van der Waals surface area contributed by atoms with Gasteiger partial charge in [-0.05, 0) is 37.8 Å². The van der Waals surface area contributed by atoms with Gasteiger partial charge < -0.3 is 9.30 Å². The number of anilines is 1. The van der Waals surface area contributed by atoms with Gasteiger partial charge in [0, 0.05) is 18.8 Å². The SMILES string of the molecule is CC1CCCN(c2nc3ccccn3c2CCl)C1C. The second-order valence-corrected chi connectivity index (χ2v) is 5.77. The summed E-state index contributed by atoms with van der Waals surface area (Å²) in [6, 6.07) is 6.61. The molecule has 0 amide bonds. The Morgan fingerprint density at radius 1 is 1.37 bits per heavy atom. The fourth-order valence-electron chi connectivity index (χ4n) is 3.02. The Kier molecular flexibility index (Phi) is 3.40. The predicted octanol–water partition coefficient (Wildman–Crippen LogP) is 3.70. The van der Waals surface area contributed by atoms with Gasteiger partial charge in [-0.1, -0.05) is 13.0 Å². The fourth-order valence-corrected chi connectivity index (χ4v) is 3.27. The van der Waals surface area contributed by atoms with Crippen molar-refractivity contribution >= 4 is 23.1 Å². The van der Waals surface area contributed by atoms with Crippen LogP contribution < -0.4 is 4.90 Å². The van der Waals surface area contributed by atoms with Gasteiger partial charge >= 0.3 is 0 Å². The second-order valence-electron chi connectivity index (χ2n) is 5.50. The molecule has 3 rings (SSSR count). The molecule has 1 saturated heterocycles. The van der Waals surface area contributed by atoms with Gasteiger partial charge in [-0.25, -0.2) is 4.98 Å². The summed E-state index contributed by atoms with van der Waals surface area (Å²) >= 11 is 6.17. The molecule has 2 atom stereocenters. The molecule has 1 aliphatic rings. The highest BCUT2D eigenvalue weighted by atomic mass is 35.5. The van der Waals surface area contributed by atoms with Crippen LogP contribution in [0.25, 0.3) is 5.65 Å². The van der Waals surface area contributed by atoms with Crippen molar-refractivity contribution in [2.24, 2.45) is 5.92 Å². The van der Waals surface area contributed by atoms with Crippen molar-refractivity contribution in [3.63, 3.8) is 0 Å². The van der Waals surface area contributed by atoms with E-state index in [1.165, 1.54) is 12.8 Å². The van der Waals surface area contributed by atoms with Crippen LogP contribution in [0, 0.1) is 5.92 Å². The smallest absolute Gasteiger partial charge is 0.152 e. The standard InChI is InChI=1S/C15H20ClN3/c1-11-6-5-9-18(12(11)2)15-13(10-16)19-8-4-3-7-14(19)17-15/h3-4,7-8,11-12H,5-6,9-10H2,1-2H3. The first kappa shape index (κ1) is 12.8. The third-order valence-electron chi connectivity index (χ3n) is 4.38. The summed E-state index contributed by atoms with van der Waals surface area (Å²) in [4.78, 5) is 7.23. The quantitative estimate of drug-likeness (QED) is 0.780. The summed E-state index contributed by atoms with van der Waals surface area (Å²) < 4.78 is 2.11. The molecule has 0 aliphatic carbocycles. The van der Waals surface area contributed by atoms with Gasteiger partial charge in [0.2, 0.25) is 0 Å². The summed E-state index contributed by atoms with van der Waals surface area (Å²) in [7, 11) is 0. The number of imidazole rings is 1. The molecule has 0 bridgehead atoms. The van der Waals surface area contributed by atoms with Gasteiger partial charge in [0.15, 0.2) is 5.82 Å². The predicted molar refractivity (Wildman–Crippen MR) is 80.0 cm³/mol. The molecule has 0 saturated carbocycles. The van der Waals surface area contributed by atoms with Crippen molar-refractivity contribution in [3.05, 3.63) is 30.1 Å². The molecule has 2 aromatic heterocycles. The minimum atomic E-state index is 0.498. The number of hydrogen-bond acceptors (Lipinski definition) is 2. The molecule has 2 unspecified atom stereocenters. The normalized spacial score (nSPS) is 24.1. The molecular formula is C15H20ClN3. The first-order valence-electron chi connectivity index (χ1n) is 7.01. The lowest BCUT2D eigenvalue weighted by molar-refractivity contribution is 0.361. The van der Waals surface area contributed by atoms with Crippen molar-refractivity contribution in [1.29, 1.82) is 0 Å². The summed E-state index contributed by atoms with van der Waals surface area (Å²) in [5.41, 5.74) is 2.09. The van der Waals surface area contributed by atoms with E-state index in [1.54, 1.807) is 0 Å². The van der Waals surface area contributed by atoms with E-state index in [0.29, 0.717) is 17.8 Å². The van der Waals surface area contributed by atoms with Gasteiger partial charge in [0.1, 0.15) is 5.65 Å². The van der Waals surface area contributed by atoms with Crippen LogP contribution in [0.5, 0.6) is 0 Å². The van der Waals surface area contributed by atoms with Crippen molar-refractivity contribution < 1.29 is 0 Å². The second kappa shape index (κ2) is 5.04. The maximum absolute atomic E-state index is 6.17. The van der Waals surface area contributed by atoms with E-state index in [0.717, 1.165) is 23.7 Å². The monoisotopic (exact) mass is 277 g/mol. The van der Waals surface area contributed by atoms with Crippen LogP contribution in [0.15, 0.2) is 24.4 Å². The molecule has 2 aromatic rings. The van der Waals surface area contributed by atoms with Crippen molar-refractivity contribution in [3.8, 4) is 0 Å². The third kappa shape index (κ3) is 2.10. The number of halogens is 1. The lowest BCUT2D eigenvalue weighted by Crippen LogP contribution is -2.43. The Hall–Kier alpha value is -1.22. The number of hydrogen-bond donors (Lipinski definition) is 0. The van der Waals surface area contributed by atoms with E-state index in [1.807, 2.05) is 24.4 Å². The molecule has 1 aliphatic heterocycles. The van der Waals surface area contributed by atoms with Crippen molar-refractivity contribution in [2.75, 3.05) is 11.4 Å². The molecule has 1 fully saturated rings. The Morgan fingerprint density at radius 3 is 3.00 bits per heavy atom. The minimum absolute atomic E-state index is 0.498. The summed E-state index contributed by atoms with van der Waals surface area (Å²) in [5, 5.41) is 0. The molecule has 3 nitrogen and oxygen atoms in total. The zero-order valence-corrected chi connectivity index (χ0v) is 12.3. The number of fused-ring (bicyclic) bond motifs is 1. The molecule has 0 aromatic carbocycles. The van der Waals surface area contributed by atoms with E-state index in [-0.39, 0.29) is 0 Å². The summed E-state index contributed by atoms with van der Waals surface area (Å²) in [6.45, 7) is 5.71. The fraction of sp³-hybridized carbons (Fsp3) is 0.533. The average Bonchev–Trinajstić information content (AvgIpc) is 2.80. The minimum Gasteiger partial charge on any atom is -0.352 e. The number of pyridine rings is 1. The highest BCUT2D eigenvalue weighted by Gasteiger charge is 2.28. The van der Waals surface area contributed by atoms with E-state index in [4.69, 9.17) is 16.6 Å². The van der Waals surface area contributed by atoms with Crippen LogP contribution in [0.3, 0.4) is 0 Å². The van der Waals surface area contributed by atoms with E-state index in [2.05, 4.69) is 23.1 Å². The number of piperidine rings is 1. The van der Waals surface area contributed by atoms with Gasteiger partial charge in [-0.3, -0.25) is 0 Å². The molecule has 0 N–H and O–H groups in total. The first-order chi connectivity index (χ1) is 9.22.